The topological polar surface area (TPSA) is 121 Å². The molecule has 29 heavy (non-hydrogen) atoms. The van der Waals surface area contributed by atoms with Gasteiger partial charge in [-0.3, -0.25) is 4.79 Å². The van der Waals surface area contributed by atoms with Crippen molar-refractivity contribution < 1.29 is 19.4 Å². The lowest BCUT2D eigenvalue weighted by molar-refractivity contribution is -0.138. The Balaban J connectivity index is 1.52. The molecule has 0 aliphatic rings. The van der Waals surface area contributed by atoms with Crippen LogP contribution < -0.4 is 10.9 Å². The molecule has 0 spiro atoms. The minimum absolute atomic E-state index is 0.0500. The number of fused-ring (bicyclic) bond motifs is 1. The fourth-order valence-electron chi connectivity index (χ4n) is 2.56. The minimum atomic E-state index is -1.17. The van der Waals surface area contributed by atoms with E-state index in [-0.39, 0.29) is 17.9 Å². The number of thioether (sulfide) groups is 1. The highest BCUT2D eigenvalue weighted by Gasteiger charge is 2.21. The fraction of sp³-hybridized carbons (Fsp3) is 0.200. The number of para-hydroxylation sites is 1. The molecule has 0 bridgehead atoms. The number of carbonyl (C=O) groups is 2. The molecule has 0 radical (unpaired) electrons. The molecule has 0 aliphatic heterocycles. The van der Waals surface area contributed by atoms with E-state index in [1.54, 1.807) is 36.4 Å². The van der Waals surface area contributed by atoms with Gasteiger partial charge in [-0.1, -0.05) is 42.5 Å². The Morgan fingerprint density at radius 3 is 2.62 bits per heavy atom. The number of carboxylic acid groups (broad SMARTS) is 1. The lowest BCUT2D eigenvalue weighted by Crippen LogP contribution is -2.42. The number of hydrogen-bond donors (Lipinski definition) is 3. The third kappa shape index (κ3) is 5.82. The van der Waals surface area contributed by atoms with E-state index in [9.17, 15) is 19.5 Å². The second-order valence-corrected chi connectivity index (χ2v) is 7.17. The van der Waals surface area contributed by atoms with E-state index in [0.29, 0.717) is 22.5 Å². The highest BCUT2D eigenvalue weighted by Crippen LogP contribution is 2.12. The molecule has 2 aromatic carbocycles. The molecule has 8 nitrogen and oxygen atoms in total. The van der Waals surface area contributed by atoms with Crippen molar-refractivity contribution in [2.45, 2.75) is 18.4 Å². The zero-order valence-electron chi connectivity index (χ0n) is 15.3. The van der Waals surface area contributed by atoms with E-state index in [1.807, 2.05) is 18.2 Å². The van der Waals surface area contributed by atoms with Crippen molar-refractivity contribution >= 4 is 34.7 Å². The average Bonchev–Trinajstić information content (AvgIpc) is 2.72. The second kappa shape index (κ2) is 9.74. The smallest absolute Gasteiger partial charge is 0.408 e. The number of carbonyl (C=O) groups excluding carboxylic acids is 1. The maximum absolute atomic E-state index is 12.1. The molecule has 3 rings (SSSR count). The number of alkyl carbamates (subject to hydrolysis) is 1. The Hall–Kier alpha value is -3.33. The first kappa shape index (κ1) is 20.4. The predicted octanol–water partition coefficient (Wildman–Crippen LogP) is 2.54. The molecule has 0 saturated heterocycles. The monoisotopic (exact) mass is 413 g/mol. The van der Waals surface area contributed by atoms with E-state index in [2.05, 4.69) is 15.3 Å². The Bertz CT molecular complexity index is 1050. The summed E-state index contributed by atoms with van der Waals surface area (Å²) in [6.45, 7) is 0.0500. The van der Waals surface area contributed by atoms with Gasteiger partial charge in [0.15, 0.2) is 0 Å². The van der Waals surface area contributed by atoms with Crippen LogP contribution in [0.25, 0.3) is 10.9 Å². The third-order valence-electron chi connectivity index (χ3n) is 3.99. The summed E-state index contributed by atoms with van der Waals surface area (Å²) < 4.78 is 5.05. The number of ether oxygens (including phenoxy) is 1. The summed E-state index contributed by atoms with van der Waals surface area (Å²) in [7, 11) is 0. The lowest BCUT2D eigenvalue weighted by atomic mass is 10.2. The minimum Gasteiger partial charge on any atom is -0.480 e. The normalized spacial score (nSPS) is 11.7. The zero-order chi connectivity index (χ0) is 20.6. The van der Waals surface area contributed by atoms with Crippen LogP contribution >= 0.6 is 11.8 Å². The first-order chi connectivity index (χ1) is 14.0. The standard InChI is InChI=1S/C20H19N3O5S/c24-18-14-8-4-5-9-15(14)21-17(23-18)12-29-11-16(19(25)26)22-20(27)28-10-13-6-2-1-3-7-13/h1-9,16H,10-12H2,(H,22,27)(H,25,26)(H,21,23,24). The van der Waals surface area contributed by atoms with Crippen LogP contribution in [0.3, 0.4) is 0 Å². The van der Waals surface area contributed by atoms with Gasteiger partial charge < -0.3 is 20.1 Å². The molecule has 3 N–H and O–H groups in total. The largest absolute Gasteiger partial charge is 0.480 e. The van der Waals surface area contributed by atoms with Crippen LogP contribution in [-0.2, 0) is 21.9 Å². The van der Waals surface area contributed by atoms with Gasteiger partial charge in [0.1, 0.15) is 18.5 Å². The van der Waals surface area contributed by atoms with Crippen molar-refractivity contribution in [1.29, 1.82) is 0 Å². The van der Waals surface area contributed by atoms with Gasteiger partial charge in [-0.15, -0.1) is 0 Å². The summed E-state index contributed by atoms with van der Waals surface area (Å²) >= 11 is 1.23. The summed E-state index contributed by atoms with van der Waals surface area (Å²) in [5.74, 6) is -0.347. The van der Waals surface area contributed by atoms with Gasteiger partial charge in [-0.05, 0) is 17.7 Å². The van der Waals surface area contributed by atoms with Gasteiger partial charge >= 0.3 is 12.1 Å². The molecular formula is C20H19N3O5S. The van der Waals surface area contributed by atoms with Crippen LogP contribution in [0.2, 0.25) is 0 Å². The zero-order valence-corrected chi connectivity index (χ0v) is 16.1. The maximum Gasteiger partial charge on any atom is 0.408 e. The van der Waals surface area contributed by atoms with E-state index >= 15 is 0 Å². The fourth-order valence-corrected chi connectivity index (χ4v) is 3.47. The Kier molecular flexibility index (Phi) is 6.85. The number of benzene rings is 2. The summed E-state index contributed by atoms with van der Waals surface area (Å²) in [6.07, 6.45) is -0.806. The van der Waals surface area contributed by atoms with Crippen molar-refractivity contribution in [3.8, 4) is 0 Å². The number of aliphatic carboxylic acids is 1. The summed E-state index contributed by atoms with van der Waals surface area (Å²) in [6, 6.07) is 14.9. The highest BCUT2D eigenvalue weighted by molar-refractivity contribution is 7.98. The van der Waals surface area contributed by atoms with Crippen LogP contribution in [0.15, 0.2) is 59.4 Å². The second-order valence-electron chi connectivity index (χ2n) is 6.14. The summed E-state index contributed by atoms with van der Waals surface area (Å²) in [4.78, 5) is 42.4. The van der Waals surface area contributed by atoms with Crippen LogP contribution in [0, 0.1) is 0 Å². The van der Waals surface area contributed by atoms with Gasteiger partial charge in [0.2, 0.25) is 0 Å². The molecule has 1 unspecified atom stereocenters. The van der Waals surface area contributed by atoms with Crippen molar-refractivity contribution in [2.24, 2.45) is 0 Å². The number of aromatic amines is 1. The summed E-state index contributed by atoms with van der Waals surface area (Å²) in [5.41, 5.74) is 1.13. The van der Waals surface area contributed by atoms with Crippen LogP contribution in [0.1, 0.15) is 11.4 Å². The number of aromatic nitrogens is 2. The molecule has 9 heteroatoms. The number of hydrogen-bond acceptors (Lipinski definition) is 6. The van der Waals surface area contributed by atoms with Crippen molar-refractivity contribution in [3.63, 3.8) is 0 Å². The number of carboxylic acids is 1. The van der Waals surface area contributed by atoms with Gasteiger partial charge in [-0.25, -0.2) is 14.6 Å². The molecule has 1 atom stereocenters. The van der Waals surface area contributed by atoms with Crippen LogP contribution in [0.5, 0.6) is 0 Å². The van der Waals surface area contributed by atoms with Gasteiger partial charge in [0.25, 0.3) is 5.56 Å². The molecule has 0 saturated carbocycles. The van der Waals surface area contributed by atoms with Gasteiger partial charge in [0.05, 0.1) is 16.7 Å². The number of H-pyrrole nitrogens is 1. The number of nitrogens with zero attached hydrogens (tertiary/aromatic N) is 1. The maximum atomic E-state index is 12.1. The number of amides is 1. The molecule has 1 heterocycles. The van der Waals surface area contributed by atoms with Gasteiger partial charge in [-0.2, -0.15) is 11.8 Å². The first-order valence-electron chi connectivity index (χ1n) is 8.78. The molecular weight excluding hydrogens is 394 g/mol. The third-order valence-corrected chi connectivity index (χ3v) is 5.03. The van der Waals surface area contributed by atoms with Gasteiger partial charge in [0, 0.05) is 5.75 Å². The summed E-state index contributed by atoms with van der Waals surface area (Å²) in [5, 5.41) is 12.2. The van der Waals surface area contributed by atoms with E-state index in [1.165, 1.54) is 11.8 Å². The Morgan fingerprint density at radius 1 is 1.14 bits per heavy atom. The van der Waals surface area contributed by atoms with E-state index in [4.69, 9.17) is 4.74 Å². The number of nitrogens with one attached hydrogen (secondary N) is 2. The average molecular weight is 413 g/mol. The Labute approximate surface area is 170 Å². The lowest BCUT2D eigenvalue weighted by Gasteiger charge is -2.14. The highest BCUT2D eigenvalue weighted by atomic mass is 32.2. The quantitative estimate of drug-likeness (QED) is 0.519. The molecule has 0 fully saturated rings. The molecule has 1 aromatic heterocycles. The van der Waals surface area contributed by atoms with Crippen LogP contribution in [0.4, 0.5) is 4.79 Å². The molecule has 3 aromatic rings. The predicted molar refractivity (Wildman–Crippen MR) is 110 cm³/mol. The van der Waals surface area contributed by atoms with E-state index in [0.717, 1.165) is 5.56 Å². The first-order valence-corrected chi connectivity index (χ1v) is 9.94. The van der Waals surface area contributed by atoms with Crippen molar-refractivity contribution in [2.75, 3.05) is 5.75 Å². The molecule has 1 amide bonds. The van der Waals surface area contributed by atoms with Crippen molar-refractivity contribution in [1.82, 2.24) is 15.3 Å². The Morgan fingerprint density at radius 2 is 1.86 bits per heavy atom. The SMILES string of the molecule is O=C(NC(CSCc1nc2ccccc2c(=O)[nH]1)C(=O)O)OCc1ccccc1. The molecule has 150 valence electrons. The van der Waals surface area contributed by atoms with Crippen molar-refractivity contribution in [3.05, 3.63) is 76.3 Å². The molecule has 0 aliphatic carbocycles. The van der Waals surface area contributed by atoms with Crippen LogP contribution in [-0.4, -0.2) is 38.9 Å². The van der Waals surface area contributed by atoms with E-state index < -0.39 is 18.1 Å². The number of rotatable bonds is 8.